The summed E-state index contributed by atoms with van der Waals surface area (Å²) < 4.78 is 0. The van der Waals surface area contributed by atoms with Crippen LogP contribution in [0, 0.1) is 0 Å². The van der Waals surface area contributed by atoms with E-state index in [1.54, 1.807) is 0 Å². The minimum atomic E-state index is -0.451. The van der Waals surface area contributed by atoms with Crippen LogP contribution in [-0.4, -0.2) is 62.1 Å². The predicted molar refractivity (Wildman–Crippen MR) is 190 cm³/mol. The largest absolute Gasteiger partial charge is 0.359 e. The van der Waals surface area contributed by atoms with Gasteiger partial charge in [-0.2, -0.15) is 9.78 Å². The summed E-state index contributed by atoms with van der Waals surface area (Å²) in [6, 6.07) is 0. The number of carbonyl (C=O) groups excluding carboxylic acids is 2. The number of carbonyl (C=O) groups is 2. The van der Waals surface area contributed by atoms with Crippen molar-refractivity contribution >= 4 is 11.9 Å². The van der Waals surface area contributed by atoms with Crippen LogP contribution >= 0.6 is 0 Å². The molecular formula is C38H74N2O6. The van der Waals surface area contributed by atoms with Crippen LogP contribution in [0.2, 0.25) is 0 Å². The van der Waals surface area contributed by atoms with Gasteiger partial charge in [-0.25, -0.2) is 9.59 Å². The first kappa shape index (κ1) is 44.2. The second kappa shape index (κ2) is 34.5. The fourth-order valence-electron chi connectivity index (χ4n) is 5.95. The highest BCUT2D eigenvalue weighted by molar-refractivity contribution is 5.69. The molecular weight excluding hydrogens is 580 g/mol. The SMILES string of the molecule is C=C(N(CCCCCCCCCCCCCC)CCCCCCCCCCCCCC)N(CCC(=O)OOC)CCC(=O)OOC. The molecule has 8 heteroatoms. The zero-order valence-corrected chi connectivity index (χ0v) is 30.8. The van der Waals surface area contributed by atoms with Crippen LogP contribution in [0.4, 0.5) is 0 Å². The molecule has 0 rings (SSSR count). The van der Waals surface area contributed by atoms with E-state index in [0.29, 0.717) is 13.1 Å². The van der Waals surface area contributed by atoms with E-state index in [2.05, 4.69) is 44.9 Å². The van der Waals surface area contributed by atoms with Gasteiger partial charge in [0, 0.05) is 26.2 Å². The van der Waals surface area contributed by atoms with Gasteiger partial charge in [-0.1, -0.05) is 162 Å². The zero-order valence-electron chi connectivity index (χ0n) is 30.8. The van der Waals surface area contributed by atoms with Gasteiger partial charge in [-0.05, 0) is 12.8 Å². The molecule has 0 aliphatic rings. The fraction of sp³-hybridized carbons (Fsp3) is 0.895. The average Bonchev–Trinajstić information content (AvgIpc) is 3.04. The lowest BCUT2D eigenvalue weighted by atomic mass is 10.0. The van der Waals surface area contributed by atoms with Gasteiger partial charge in [0.15, 0.2) is 0 Å². The van der Waals surface area contributed by atoms with E-state index in [1.165, 1.54) is 155 Å². The lowest BCUT2D eigenvalue weighted by Gasteiger charge is -2.35. The predicted octanol–water partition coefficient (Wildman–Crippen LogP) is 10.5. The van der Waals surface area contributed by atoms with Gasteiger partial charge in [-0.15, -0.1) is 0 Å². The number of unbranched alkanes of at least 4 members (excludes halogenated alkanes) is 22. The topological polar surface area (TPSA) is 77.5 Å². The third kappa shape index (κ3) is 28.4. The molecule has 0 N–H and O–H groups in total. The number of hydrogen-bond acceptors (Lipinski definition) is 8. The number of hydrogen-bond donors (Lipinski definition) is 0. The van der Waals surface area contributed by atoms with Crippen LogP contribution in [0.5, 0.6) is 0 Å². The van der Waals surface area contributed by atoms with Gasteiger partial charge in [0.1, 0.15) is 0 Å². The van der Waals surface area contributed by atoms with Gasteiger partial charge < -0.3 is 9.80 Å². The van der Waals surface area contributed by atoms with Gasteiger partial charge in [0.2, 0.25) is 0 Å². The monoisotopic (exact) mass is 655 g/mol. The molecule has 0 aliphatic heterocycles. The van der Waals surface area contributed by atoms with Crippen LogP contribution in [0.1, 0.15) is 181 Å². The average molecular weight is 655 g/mol. The molecule has 46 heavy (non-hydrogen) atoms. The van der Waals surface area contributed by atoms with E-state index < -0.39 is 11.9 Å². The Morgan fingerprint density at radius 3 is 0.978 bits per heavy atom. The Hall–Kier alpha value is -1.80. The first-order valence-corrected chi connectivity index (χ1v) is 19.2. The highest BCUT2D eigenvalue weighted by Crippen LogP contribution is 2.18. The molecule has 0 radical (unpaired) electrons. The van der Waals surface area contributed by atoms with Crippen molar-refractivity contribution in [3.8, 4) is 0 Å². The summed E-state index contributed by atoms with van der Waals surface area (Å²) in [4.78, 5) is 46.9. The molecule has 0 saturated heterocycles. The van der Waals surface area contributed by atoms with Gasteiger partial charge in [0.25, 0.3) is 0 Å². The summed E-state index contributed by atoms with van der Waals surface area (Å²) in [6.07, 6.45) is 31.9. The van der Waals surface area contributed by atoms with Crippen molar-refractivity contribution < 1.29 is 29.1 Å². The van der Waals surface area contributed by atoms with Gasteiger partial charge in [-0.3, -0.25) is 9.78 Å². The molecule has 0 spiro atoms. The van der Waals surface area contributed by atoms with E-state index in [9.17, 15) is 9.59 Å². The van der Waals surface area contributed by atoms with E-state index in [4.69, 9.17) is 0 Å². The van der Waals surface area contributed by atoms with Crippen molar-refractivity contribution in [3.63, 3.8) is 0 Å². The lowest BCUT2D eigenvalue weighted by molar-refractivity contribution is -0.255. The summed E-state index contributed by atoms with van der Waals surface area (Å²) in [5.41, 5.74) is 0. The minimum Gasteiger partial charge on any atom is -0.359 e. The van der Waals surface area contributed by atoms with E-state index >= 15 is 0 Å². The molecule has 8 nitrogen and oxygen atoms in total. The summed E-state index contributed by atoms with van der Waals surface area (Å²) in [6.45, 7) is 11.6. The van der Waals surface area contributed by atoms with Crippen LogP contribution in [0.3, 0.4) is 0 Å². The standard InChI is InChI=1S/C38H74N2O6/c1-6-8-10-12-14-16-18-20-22-24-26-28-32-39(33-29-27-25-23-21-19-17-15-13-11-9-7-2)36(3)40(34-30-37(41)45-43-4)35-31-38(42)46-44-5/h3,6-35H2,1-2,4-5H3. The third-order valence-electron chi connectivity index (χ3n) is 8.82. The Morgan fingerprint density at radius 2 is 0.696 bits per heavy atom. The number of nitrogens with zero attached hydrogens (tertiary/aromatic N) is 2. The summed E-state index contributed by atoms with van der Waals surface area (Å²) in [7, 11) is 2.64. The Kier molecular flexibility index (Phi) is 33.2. The first-order valence-electron chi connectivity index (χ1n) is 19.2. The first-order chi connectivity index (χ1) is 22.5. The molecule has 0 saturated carbocycles. The Balaban J connectivity index is 4.79. The molecule has 0 bridgehead atoms. The molecule has 0 aromatic carbocycles. The molecule has 0 atom stereocenters. The summed E-state index contributed by atoms with van der Waals surface area (Å²) in [5.74, 6) is -0.0527. The van der Waals surface area contributed by atoms with Crippen LogP contribution < -0.4 is 0 Å². The van der Waals surface area contributed by atoms with Crippen molar-refractivity contribution in [1.82, 2.24) is 9.80 Å². The van der Waals surface area contributed by atoms with Crippen LogP contribution in [0.15, 0.2) is 12.4 Å². The van der Waals surface area contributed by atoms with Crippen molar-refractivity contribution in [2.75, 3.05) is 40.4 Å². The van der Waals surface area contributed by atoms with Crippen LogP contribution in [0.25, 0.3) is 0 Å². The molecule has 0 heterocycles. The maximum absolute atomic E-state index is 12.0. The molecule has 0 aliphatic carbocycles. The second-order valence-electron chi connectivity index (χ2n) is 12.9. The van der Waals surface area contributed by atoms with E-state index in [1.807, 2.05) is 4.90 Å². The van der Waals surface area contributed by atoms with Crippen molar-refractivity contribution in [3.05, 3.63) is 12.4 Å². The smallest absolute Gasteiger partial charge is 0.344 e. The highest BCUT2D eigenvalue weighted by atomic mass is 17.2. The number of rotatable bonds is 36. The van der Waals surface area contributed by atoms with Crippen molar-refractivity contribution in [2.24, 2.45) is 0 Å². The molecule has 272 valence electrons. The lowest BCUT2D eigenvalue weighted by Crippen LogP contribution is -2.38. The minimum absolute atomic E-state index is 0.136. The Labute approximate surface area is 284 Å². The van der Waals surface area contributed by atoms with Gasteiger partial charge >= 0.3 is 11.9 Å². The van der Waals surface area contributed by atoms with Crippen LogP contribution in [-0.2, 0) is 29.1 Å². The molecule has 0 amide bonds. The molecule has 0 aromatic rings. The Morgan fingerprint density at radius 1 is 0.435 bits per heavy atom. The normalized spacial score (nSPS) is 11.0. The fourth-order valence-corrected chi connectivity index (χ4v) is 5.95. The summed E-state index contributed by atoms with van der Waals surface area (Å²) in [5, 5.41) is 0. The molecule has 0 aromatic heterocycles. The third-order valence-corrected chi connectivity index (χ3v) is 8.82. The van der Waals surface area contributed by atoms with E-state index in [-0.39, 0.29) is 12.8 Å². The maximum atomic E-state index is 12.0. The van der Waals surface area contributed by atoms with E-state index in [0.717, 1.165) is 31.8 Å². The van der Waals surface area contributed by atoms with Gasteiger partial charge in [0.05, 0.1) is 32.9 Å². The quantitative estimate of drug-likeness (QED) is 0.0375. The van der Waals surface area contributed by atoms with Crippen molar-refractivity contribution in [2.45, 2.75) is 181 Å². The summed E-state index contributed by atoms with van der Waals surface area (Å²) >= 11 is 0. The Bertz CT molecular complexity index is 655. The molecule has 0 unspecified atom stereocenters. The van der Waals surface area contributed by atoms with Crippen molar-refractivity contribution in [1.29, 1.82) is 0 Å². The maximum Gasteiger partial charge on any atom is 0.344 e. The highest BCUT2D eigenvalue weighted by Gasteiger charge is 2.19. The molecule has 0 fully saturated rings. The zero-order chi connectivity index (χ0) is 33.9. The second-order valence-corrected chi connectivity index (χ2v) is 12.9.